The highest BCUT2D eigenvalue weighted by Gasteiger charge is 2.32. The average Bonchev–Trinajstić information content (AvgIpc) is 2.54. The molecule has 2 aliphatic heterocycles. The SMILES string of the molecule is Cc1cc2c(cc1C)N(CC(=O)N1CCOCC1)C(=O)C(C)N2. The van der Waals surface area contributed by atoms with Gasteiger partial charge in [-0.15, -0.1) is 0 Å². The largest absolute Gasteiger partial charge is 0.378 e. The molecule has 1 unspecified atom stereocenters. The number of nitrogens with one attached hydrogen (secondary N) is 1. The Hall–Kier alpha value is -2.08. The van der Waals surface area contributed by atoms with Crippen LogP contribution in [0.15, 0.2) is 12.1 Å². The highest BCUT2D eigenvalue weighted by Crippen LogP contribution is 2.34. The molecule has 0 spiro atoms. The number of amides is 2. The van der Waals surface area contributed by atoms with E-state index in [1.807, 2.05) is 32.9 Å². The number of hydrogen-bond donors (Lipinski definition) is 1. The maximum Gasteiger partial charge on any atom is 0.249 e. The van der Waals surface area contributed by atoms with Crippen LogP contribution in [0.25, 0.3) is 0 Å². The molecule has 6 heteroatoms. The van der Waals surface area contributed by atoms with E-state index in [9.17, 15) is 9.59 Å². The van der Waals surface area contributed by atoms with E-state index in [1.54, 1.807) is 9.80 Å². The van der Waals surface area contributed by atoms with Crippen molar-refractivity contribution in [1.82, 2.24) is 4.90 Å². The molecule has 3 rings (SSSR count). The summed E-state index contributed by atoms with van der Waals surface area (Å²) in [5.41, 5.74) is 3.97. The second-order valence-electron chi connectivity index (χ2n) is 6.24. The van der Waals surface area contributed by atoms with Crippen LogP contribution in [0, 0.1) is 13.8 Å². The van der Waals surface area contributed by atoms with Crippen LogP contribution >= 0.6 is 0 Å². The molecule has 2 amide bonds. The first kappa shape index (κ1) is 15.8. The van der Waals surface area contributed by atoms with Crippen LogP contribution < -0.4 is 10.2 Å². The molecule has 0 aromatic heterocycles. The van der Waals surface area contributed by atoms with Crippen molar-refractivity contribution in [3.8, 4) is 0 Å². The van der Waals surface area contributed by atoms with Gasteiger partial charge >= 0.3 is 0 Å². The van der Waals surface area contributed by atoms with Crippen LogP contribution in [0.1, 0.15) is 18.1 Å². The van der Waals surface area contributed by atoms with Gasteiger partial charge in [0.2, 0.25) is 11.8 Å². The normalized spacial score (nSPS) is 21.0. The van der Waals surface area contributed by atoms with Gasteiger partial charge in [0.15, 0.2) is 0 Å². The molecule has 0 aliphatic carbocycles. The van der Waals surface area contributed by atoms with Gasteiger partial charge in [0, 0.05) is 13.1 Å². The lowest BCUT2D eigenvalue weighted by molar-refractivity contribution is -0.135. The molecular weight excluding hydrogens is 294 g/mol. The Kier molecular flexibility index (Phi) is 4.26. The molecule has 1 aromatic carbocycles. The fourth-order valence-corrected chi connectivity index (χ4v) is 3.00. The van der Waals surface area contributed by atoms with Gasteiger partial charge in [-0.1, -0.05) is 0 Å². The molecule has 6 nitrogen and oxygen atoms in total. The number of benzene rings is 1. The molecule has 1 atom stereocenters. The number of hydrogen-bond acceptors (Lipinski definition) is 4. The van der Waals surface area contributed by atoms with Gasteiger partial charge in [0.25, 0.3) is 0 Å². The second kappa shape index (κ2) is 6.20. The minimum absolute atomic E-state index is 0.0278. The van der Waals surface area contributed by atoms with E-state index in [0.29, 0.717) is 26.3 Å². The Morgan fingerprint density at radius 1 is 1.26 bits per heavy atom. The van der Waals surface area contributed by atoms with Gasteiger partial charge < -0.3 is 15.0 Å². The topological polar surface area (TPSA) is 61.9 Å². The Morgan fingerprint density at radius 3 is 2.61 bits per heavy atom. The van der Waals surface area contributed by atoms with Crippen LogP contribution in [-0.4, -0.2) is 55.6 Å². The predicted octanol–water partition coefficient (Wildman–Crippen LogP) is 1.31. The van der Waals surface area contributed by atoms with Crippen molar-refractivity contribution >= 4 is 23.2 Å². The van der Waals surface area contributed by atoms with E-state index in [2.05, 4.69) is 5.32 Å². The fourth-order valence-electron chi connectivity index (χ4n) is 3.00. The van der Waals surface area contributed by atoms with Gasteiger partial charge in [-0.25, -0.2) is 0 Å². The number of anilines is 2. The monoisotopic (exact) mass is 317 g/mol. The van der Waals surface area contributed by atoms with Crippen molar-refractivity contribution in [2.75, 3.05) is 43.1 Å². The Balaban J connectivity index is 1.87. The van der Waals surface area contributed by atoms with E-state index in [-0.39, 0.29) is 24.4 Å². The quantitative estimate of drug-likeness (QED) is 0.893. The number of ether oxygens (including phenoxy) is 1. The van der Waals surface area contributed by atoms with Gasteiger partial charge in [0.1, 0.15) is 12.6 Å². The Morgan fingerprint density at radius 2 is 1.91 bits per heavy atom. The zero-order valence-electron chi connectivity index (χ0n) is 13.9. The molecule has 1 fully saturated rings. The maximum atomic E-state index is 12.6. The van der Waals surface area contributed by atoms with Gasteiger partial charge in [-0.05, 0) is 44.0 Å². The van der Waals surface area contributed by atoms with Crippen molar-refractivity contribution < 1.29 is 14.3 Å². The number of carbonyl (C=O) groups excluding carboxylic acids is 2. The molecule has 1 aromatic rings. The number of rotatable bonds is 2. The summed E-state index contributed by atoms with van der Waals surface area (Å²) in [6.45, 7) is 8.27. The highest BCUT2D eigenvalue weighted by molar-refractivity contribution is 6.07. The molecule has 1 saturated heterocycles. The summed E-state index contributed by atoms with van der Waals surface area (Å²) >= 11 is 0. The van der Waals surface area contributed by atoms with Crippen molar-refractivity contribution in [1.29, 1.82) is 0 Å². The number of morpholine rings is 1. The van der Waals surface area contributed by atoms with E-state index >= 15 is 0 Å². The highest BCUT2D eigenvalue weighted by atomic mass is 16.5. The number of fused-ring (bicyclic) bond motifs is 1. The van der Waals surface area contributed by atoms with E-state index in [4.69, 9.17) is 4.74 Å². The van der Waals surface area contributed by atoms with Crippen LogP contribution in [0.4, 0.5) is 11.4 Å². The van der Waals surface area contributed by atoms with Crippen LogP contribution in [0.2, 0.25) is 0 Å². The summed E-state index contributed by atoms with van der Waals surface area (Å²) in [6.07, 6.45) is 0. The minimum Gasteiger partial charge on any atom is -0.378 e. The molecule has 2 heterocycles. The fraction of sp³-hybridized carbons (Fsp3) is 0.529. The van der Waals surface area contributed by atoms with E-state index in [0.717, 1.165) is 22.5 Å². The summed E-state index contributed by atoms with van der Waals surface area (Å²) in [5, 5.41) is 3.22. The van der Waals surface area contributed by atoms with Crippen molar-refractivity contribution in [2.45, 2.75) is 26.8 Å². The second-order valence-corrected chi connectivity index (χ2v) is 6.24. The smallest absolute Gasteiger partial charge is 0.249 e. The summed E-state index contributed by atoms with van der Waals surface area (Å²) in [4.78, 5) is 28.5. The van der Waals surface area contributed by atoms with Crippen molar-refractivity contribution in [3.63, 3.8) is 0 Å². The zero-order chi connectivity index (χ0) is 16.6. The first-order chi connectivity index (χ1) is 11.0. The average molecular weight is 317 g/mol. The summed E-state index contributed by atoms with van der Waals surface area (Å²) in [7, 11) is 0. The lowest BCUT2D eigenvalue weighted by Crippen LogP contribution is -2.52. The molecule has 23 heavy (non-hydrogen) atoms. The lowest BCUT2D eigenvalue weighted by atomic mass is 10.0. The number of nitrogens with zero attached hydrogens (tertiary/aromatic N) is 2. The third kappa shape index (κ3) is 3.03. The van der Waals surface area contributed by atoms with E-state index < -0.39 is 0 Å². The summed E-state index contributed by atoms with van der Waals surface area (Å²) < 4.78 is 5.28. The first-order valence-corrected chi connectivity index (χ1v) is 8.02. The summed E-state index contributed by atoms with van der Waals surface area (Å²) in [6, 6.07) is 3.69. The molecule has 1 N–H and O–H groups in total. The minimum atomic E-state index is -0.331. The Bertz CT molecular complexity index is 638. The zero-order valence-corrected chi connectivity index (χ0v) is 13.9. The van der Waals surface area contributed by atoms with Crippen LogP contribution in [0.3, 0.4) is 0 Å². The molecular formula is C17H23N3O3. The molecule has 124 valence electrons. The molecule has 0 saturated carbocycles. The van der Waals surface area contributed by atoms with Crippen molar-refractivity contribution in [2.24, 2.45) is 0 Å². The Labute approximate surface area is 136 Å². The lowest BCUT2D eigenvalue weighted by Gasteiger charge is -2.36. The van der Waals surface area contributed by atoms with Gasteiger partial charge in [-0.3, -0.25) is 14.5 Å². The molecule has 0 bridgehead atoms. The van der Waals surface area contributed by atoms with Crippen molar-refractivity contribution in [3.05, 3.63) is 23.3 Å². The number of carbonyl (C=O) groups is 2. The van der Waals surface area contributed by atoms with Gasteiger partial charge in [0.05, 0.1) is 24.6 Å². The maximum absolute atomic E-state index is 12.6. The standard InChI is InChI=1S/C17H23N3O3/c1-11-8-14-15(9-12(11)2)20(17(22)13(3)18-14)10-16(21)19-4-6-23-7-5-19/h8-9,13,18H,4-7,10H2,1-3H3. The summed E-state index contributed by atoms with van der Waals surface area (Å²) in [5.74, 6) is -0.0951. The van der Waals surface area contributed by atoms with Crippen LogP contribution in [-0.2, 0) is 14.3 Å². The predicted molar refractivity (Wildman–Crippen MR) is 88.8 cm³/mol. The third-order valence-electron chi connectivity index (χ3n) is 4.57. The van der Waals surface area contributed by atoms with Crippen LogP contribution in [0.5, 0.6) is 0 Å². The molecule has 2 aliphatic rings. The van der Waals surface area contributed by atoms with E-state index in [1.165, 1.54) is 0 Å². The number of aryl methyl sites for hydroxylation is 2. The third-order valence-corrected chi connectivity index (χ3v) is 4.57. The first-order valence-electron chi connectivity index (χ1n) is 8.02. The van der Waals surface area contributed by atoms with Gasteiger partial charge in [-0.2, -0.15) is 0 Å². The molecule has 0 radical (unpaired) electrons.